The van der Waals surface area contributed by atoms with Crippen molar-refractivity contribution in [1.82, 2.24) is 5.32 Å². The number of nitrogens with two attached hydrogens (primary N) is 1. The lowest BCUT2D eigenvalue weighted by atomic mass is 10.0. The first-order valence-electron chi connectivity index (χ1n) is 6.77. The average Bonchev–Trinajstić information content (AvgIpc) is 2.37. The van der Waals surface area contributed by atoms with Crippen LogP contribution in [0.5, 0.6) is 0 Å². The van der Waals surface area contributed by atoms with Gasteiger partial charge in [0, 0.05) is 6.42 Å². The summed E-state index contributed by atoms with van der Waals surface area (Å²) in [6.45, 7) is 4.66. The molecule has 0 aromatic heterocycles. The molecule has 3 nitrogen and oxygen atoms in total. The minimum atomic E-state index is -0.266. The Bertz CT molecular complexity index is 392. The van der Waals surface area contributed by atoms with E-state index in [1.165, 1.54) is 12.1 Å². The smallest absolute Gasteiger partial charge is 0.220 e. The van der Waals surface area contributed by atoms with Crippen molar-refractivity contribution in [2.45, 2.75) is 39.2 Å². The van der Waals surface area contributed by atoms with E-state index in [2.05, 4.69) is 12.2 Å². The molecule has 0 fully saturated rings. The van der Waals surface area contributed by atoms with Gasteiger partial charge >= 0.3 is 0 Å². The molecular formula is C15H23FN2O. The topological polar surface area (TPSA) is 55.1 Å². The Morgan fingerprint density at radius 3 is 2.47 bits per heavy atom. The molecule has 106 valence electrons. The largest absolute Gasteiger partial charge is 0.350 e. The lowest BCUT2D eigenvalue weighted by molar-refractivity contribution is -0.122. The molecule has 0 aliphatic heterocycles. The van der Waals surface area contributed by atoms with E-state index in [4.69, 9.17) is 5.73 Å². The second kappa shape index (κ2) is 7.89. The number of benzene rings is 1. The number of hydrogen-bond donors (Lipinski definition) is 2. The van der Waals surface area contributed by atoms with E-state index in [1.807, 2.05) is 6.92 Å². The molecule has 0 saturated heterocycles. The van der Waals surface area contributed by atoms with Crippen molar-refractivity contribution in [3.63, 3.8) is 0 Å². The third kappa shape index (κ3) is 5.83. The van der Waals surface area contributed by atoms with E-state index in [-0.39, 0.29) is 17.8 Å². The van der Waals surface area contributed by atoms with Crippen LogP contribution in [0, 0.1) is 11.7 Å². The molecule has 3 N–H and O–H groups in total. The molecule has 4 heteroatoms. The van der Waals surface area contributed by atoms with Gasteiger partial charge in [0.1, 0.15) is 5.82 Å². The van der Waals surface area contributed by atoms with E-state index in [9.17, 15) is 9.18 Å². The summed E-state index contributed by atoms with van der Waals surface area (Å²) in [7, 11) is 0. The third-order valence-corrected chi connectivity index (χ3v) is 3.27. The first-order chi connectivity index (χ1) is 9.02. The van der Waals surface area contributed by atoms with Crippen molar-refractivity contribution >= 4 is 5.91 Å². The fraction of sp³-hybridized carbons (Fsp3) is 0.533. The molecule has 1 aromatic carbocycles. The van der Waals surface area contributed by atoms with Crippen molar-refractivity contribution < 1.29 is 9.18 Å². The number of hydrogen-bond acceptors (Lipinski definition) is 2. The van der Waals surface area contributed by atoms with Crippen molar-refractivity contribution in [1.29, 1.82) is 0 Å². The van der Waals surface area contributed by atoms with Gasteiger partial charge in [-0.3, -0.25) is 4.79 Å². The number of nitrogens with one attached hydrogen (secondary N) is 1. The van der Waals surface area contributed by atoms with Gasteiger partial charge < -0.3 is 11.1 Å². The number of amides is 1. The second-order valence-electron chi connectivity index (χ2n) is 5.06. The molecule has 1 aromatic rings. The molecule has 19 heavy (non-hydrogen) atoms. The Kier molecular flexibility index (Phi) is 6.50. The highest BCUT2D eigenvalue weighted by molar-refractivity contribution is 5.76. The van der Waals surface area contributed by atoms with Crippen LogP contribution in [0.15, 0.2) is 24.3 Å². The molecule has 0 radical (unpaired) electrons. The molecule has 0 saturated carbocycles. The molecular weight excluding hydrogens is 243 g/mol. The normalized spacial score (nSPS) is 13.9. The van der Waals surface area contributed by atoms with Crippen LogP contribution in [0.25, 0.3) is 0 Å². The van der Waals surface area contributed by atoms with Gasteiger partial charge in [0.15, 0.2) is 0 Å². The average molecular weight is 266 g/mol. The Hall–Kier alpha value is -1.42. The third-order valence-electron chi connectivity index (χ3n) is 3.27. The summed E-state index contributed by atoms with van der Waals surface area (Å²) in [5.74, 6) is 0.232. The summed E-state index contributed by atoms with van der Waals surface area (Å²) >= 11 is 0. The van der Waals surface area contributed by atoms with Crippen LogP contribution >= 0.6 is 0 Å². The lowest BCUT2D eigenvalue weighted by Crippen LogP contribution is -2.26. The minimum absolute atomic E-state index is 0.0284. The summed E-state index contributed by atoms with van der Waals surface area (Å²) < 4.78 is 12.8. The van der Waals surface area contributed by atoms with Crippen LogP contribution in [0.1, 0.15) is 44.7 Å². The molecule has 1 rings (SSSR count). The van der Waals surface area contributed by atoms with Crippen LogP contribution in [0.3, 0.4) is 0 Å². The van der Waals surface area contributed by atoms with E-state index >= 15 is 0 Å². The number of halogens is 1. The molecule has 0 bridgehead atoms. The molecule has 2 atom stereocenters. The lowest BCUT2D eigenvalue weighted by Gasteiger charge is -2.15. The Morgan fingerprint density at radius 1 is 1.26 bits per heavy atom. The van der Waals surface area contributed by atoms with Crippen molar-refractivity contribution in [2.24, 2.45) is 11.7 Å². The van der Waals surface area contributed by atoms with Gasteiger partial charge in [-0.15, -0.1) is 0 Å². The first kappa shape index (κ1) is 15.6. The zero-order chi connectivity index (χ0) is 14.3. The number of rotatable bonds is 7. The molecule has 0 heterocycles. The van der Waals surface area contributed by atoms with Crippen LogP contribution in [-0.4, -0.2) is 12.5 Å². The van der Waals surface area contributed by atoms with Crippen molar-refractivity contribution in [3.05, 3.63) is 35.6 Å². The Balaban J connectivity index is 2.37. The fourth-order valence-electron chi connectivity index (χ4n) is 1.95. The summed E-state index contributed by atoms with van der Waals surface area (Å²) in [6, 6.07) is 6.09. The summed E-state index contributed by atoms with van der Waals surface area (Å²) in [5, 5.41) is 2.92. The molecule has 0 aliphatic rings. The highest BCUT2D eigenvalue weighted by Gasteiger charge is 2.11. The summed E-state index contributed by atoms with van der Waals surface area (Å²) in [5.41, 5.74) is 6.38. The Morgan fingerprint density at radius 2 is 1.89 bits per heavy atom. The maximum Gasteiger partial charge on any atom is 0.220 e. The zero-order valence-corrected chi connectivity index (χ0v) is 11.7. The van der Waals surface area contributed by atoms with Crippen LogP contribution in [0.4, 0.5) is 4.39 Å². The fourth-order valence-corrected chi connectivity index (χ4v) is 1.95. The number of carbonyl (C=O) groups is 1. The second-order valence-corrected chi connectivity index (χ2v) is 5.06. The van der Waals surface area contributed by atoms with Crippen molar-refractivity contribution in [3.8, 4) is 0 Å². The Labute approximate surface area is 114 Å². The quantitative estimate of drug-likeness (QED) is 0.797. The van der Waals surface area contributed by atoms with Gasteiger partial charge in [-0.1, -0.05) is 19.1 Å². The maximum atomic E-state index is 12.8. The van der Waals surface area contributed by atoms with Gasteiger partial charge in [-0.2, -0.15) is 0 Å². The van der Waals surface area contributed by atoms with Crippen LogP contribution in [-0.2, 0) is 4.79 Å². The summed E-state index contributed by atoms with van der Waals surface area (Å²) in [6.07, 6.45) is 2.30. The van der Waals surface area contributed by atoms with Gasteiger partial charge in [-0.25, -0.2) is 4.39 Å². The highest BCUT2D eigenvalue weighted by Crippen LogP contribution is 2.14. The van der Waals surface area contributed by atoms with Crippen molar-refractivity contribution in [2.75, 3.05) is 6.54 Å². The van der Waals surface area contributed by atoms with Gasteiger partial charge in [0.25, 0.3) is 0 Å². The monoisotopic (exact) mass is 266 g/mol. The predicted octanol–water partition coefficient (Wildman–Crippen LogP) is 2.77. The standard InChI is InChI=1S/C15H23FN2O/c1-11(9-10-17)3-8-15(19)18-12(2)13-4-6-14(16)7-5-13/h4-7,11-12H,3,8-10,17H2,1-2H3,(H,18,19)/t11?,12-/m1/s1. The summed E-state index contributed by atoms with van der Waals surface area (Å²) in [4.78, 5) is 11.8. The van der Waals surface area contributed by atoms with Gasteiger partial charge in [0.2, 0.25) is 5.91 Å². The van der Waals surface area contributed by atoms with Gasteiger partial charge in [-0.05, 0) is 49.9 Å². The predicted molar refractivity (Wildman–Crippen MR) is 75.0 cm³/mol. The molecule has 0 spiro atoms. The van der Waals surface area contributed by atoms with Crippen LogP contribution < -0.4 is 11.1 Å². The van der Waals surface area contributed by atoms with E-state index in [1.54, 1.807) is 12.1 Å². The minimum Gasteiger partial charge on any atom is -0.350 e. The van der Waals surface area contributed by atoms with Gasteiger partial charge in [0.05, 0.1) is 6.04 Å². The van der Waals surface area contributed by atoms with E-state index in [0.29, 0.717) is 18.9 Å². The molecule has 1 unspecified atom stereocenters. The SMILES string of the molecule is CC(CCN)CCC(=O)N[C@H](C)c1ccc(F)cc1. The first-order valence-corrected chi connectivity index (χ1v) is 6.77. The van der Waals surface area contributed by atoms with E-state index < -0.39 is 0 Å². The molecule has 1 amide bonds. The molecule has 0 aliphatic carbocycles. The highest BCUT2D eigenvalue weighted by atomic mass is 19.1. The maximum absolute atomic E-state index is 12.8. The van der Waals surface area contributed by atoms with E-state index in [0.717, 1.165) is 18.4 Å². The number of carbonyl (C=O) groups excluding carboxylic acids is 1. The zero-order valence-electron chi connectivity index (χ0n) is 11.7. The van der Waals surface area contributed by atoms with Crippen LogP contribution in [0.2, 0.25) is 0 Å².